The Morgan fingerprint density at radius 2 is 1.46 bits per heavy atom. The minimum atomic E-state index is -5.03. The van der Waals surface area contributed by atoms with Crippen LogP contribution in [0.1, 0.15) is 81.9 Å². The molecule has 16 heteroatoms. The van der Waals surface area contributed by atoms with Crippen LogP contribution in [-0.4, -0.2) is 74.6 Å². The molecule has 48 heavy (non-hydrogen) atoms. The highest BCUT2D eigenvalue weighted by molar-refractivity contribution is 5.70. The van der Waals surface area contributed by atoms with Gasteiger partial charge in [-0.15, -0.1) is 0 Å². The van der Waals surface area contributed by atoms with Gasteiger partial charge in [0, 0.05) is 24.7 Å². The number of amides is 1. The maximum absolute atomic E-state index is 13.7. The minimum Gasteiger partial charge on any atom is -0.488 e. The molecule has 2 aromatic rings. The summed E-state index contributed by atoms with van der Waals surface area (Å²) in [6.07, 6.45) is -5.21. The number of aliphatic carboxylic acids is 1. The lowest BCUT2D eigenvalue weighted by Crippen LogP contribution is -2.57. The first kappa shape index (κ1) is 37.0. The predicted octanol–water partition coefficient (Wildman–Crippen LogP) is 6.69. The van der Waals surface area contributed by atoms with Crippen molar-refractivity contribution in [2.24, 2.45) is 5.92 Å². The zero-order chi connectivity index (χ0) is 35.2. The number of benzene rings is 1. The van der Waals surface area contributed by atoms with Gasteiger partial charge in [0.05, 0.1) is 36.0 Å². The van der Waals surface area contributed by atoms with E-state index >= 15 is 0 Å². The summed E-state index contributed by atoms with van der Waals surface area (Å²) in [6, 6.07) is 0.165. The van der Waals surface area contributed by atoms with Gasteiger partial charge in [0.2, 0.25) is 5.95 Å². The van der Waals surface area contributed by atoms with Crippen molar-refractivity contribution in [2.45, 2.75) is 108 Å². The van der Waals surface area contributed by atoms with E-state index in [9.17, 15) is 41.0 Å². The van der Waals surface area contributed by atoms with Gasteiger partial charge in [-0.3, -0.25) is 4.79 Å². The van der Waals surface area contributed by atoms with E-state index < -0.39 is 72.2 Å². The lowest BCUT2D eigenvalue weighted by molar-refractivity contribution is -0.144. The molecule has 1 aromatic carbocycles. The number of halogens is 6. The summed E-state index contributed by atoms with van der Waals surface area (Å²) in [5.74, 6) is -1.10. The second-order valence-corrected chi connectivity index (χ2v) is 12.2. The second-order valence-electron chi connectivity index (χ2n) is 12.2. The van der Waals surface area contributed by atoms with Crippen LogP contribution in [0.2, 0.25) is 0 Å². The smallest absolute Gasteiger partial charge is 0.416 e. The first-order valence-corrected chi connectivity index (χ1v) is 16.0. The zero-order valence-corrected chi connectivity index (χ0v) is 26.6. The molecule has 0 spiro atoms. The van der Waals surface area contributed by atoms with Crippen LogP contribution in [-0.2, 0) is 28.4 Å². The number of ether oxygens (including phenoxy) is 2. The van der Waals surface area contributed by atoms with Gasteiger partial charge in [-0.1, -0.05) is 13.8 Å². The molecule has 1 aliphatic heterocycles. The Morgan fingerprint density at radius 3 is 1.92 bits per heavy atom. The quantitative estimate of drug-likeness (QED) is 0.248. The van der Waals surface area contributed by atoms with Crippen LogP contribution in [0.3, 0.4) is 0 Å². The van der Waals surface area contributed by atoms with Gasteiger partial charge in [-0.25, -0.2) is 14.8 Å². The lowest BCUT2D eigenvalue weighted by Gasteiger charge is -2.47. The van der Waals surface area contributed by atoms with Crippen LogP contribution in [0, 0.1) is 5.92 Å². The highest BCUT2D eigenvalue weighted by Crippen LogP contribution is 2.39. The number of anilines is 1. The van der Waals surface area contributed by atoms with E-state index in [1.807, 2.05) is 13.8 Å². The number of carbonyl (C=O) groups is 2. The molecule has 1 saturated heterocycles. The fourth-order valence-corrected chi connectivity index (χ4v) is 6.53. The number of rotatable bonds is 11. The van der Waals surface area contributed by atoms with Gasteiger partial charge in [0.15, 0.2) is 5.75 Å². The molecule has 0 radical (unpaired) electrons. The molecule has 2 unspecified atom stereocenters. The number of alkyl halides is 6. The average Bonchev–Trinajstić information content (AvgIpc) is 3.05. The number of hydrogen-bond donors (Lipinski definition) is 2. The van der Waals surface area contributed by atoms with E-state index in [0.717, 1.165) is 0 Å². The van der Waals surface area contributed by atoms with E-state index in [-0.39, 0.29) is 36.5 Å². The molecule has 2 heterocycles. The number of carbonyl (C=O) groups excluding carboxylic acids is 1. The van der Waals surface area contributed by atoms with Crippen LogP contribution >= 0.6 is 0 Å². The molecule has 4 rings (SSSR count). The van der Waals surface area contributed by atoms with E-state index in [2.05, 4.69) is 9.97 Å². The largest absolute Gasteiger partial charge is 0.488 e. The van der Waals surface area contributed by atoms with E-state index in [0.29, 0.717) is 63.5 Å². The Balaban J connectivity index is 1.64. The van der Waals surface area contributed by atoms with Gasteiger partial charge in [-0.05, 0) is 75.1 Å². The normalized spacial score (nSPS) is 23.4. The highest BCUT2D eigenvalue weighted by Gasteiger charge is 2.42. The van der Waals surface area contributed by atoms with Gasteiger partial charge in [0.25, 0.3) is 0 Å². The van der Waals surface area contributed by atoms with Crippen molar-refractivity contribution in [2.75, 3.05) is 18.1 Å². The van der Waals surface area contributed by atoms with Crippen molar-refractivity contribution in [1.29, 1.82) is 0 Å². The van der Waals surface area contributed by atoms with E-state index in [1.54, 1.807) is 9.80 Å². The number of hydrogen-bond acceptors (Lipinski definition) is 8. The molecule has 1 saturated carbocycles. The molecule has 3 atom stereocenters. The molecular weight excluding hydrogens is 650 g/mol. The third-order valence-electron chi connectivity index (χ3n) is 8.99. The maximum Gasteiger partial charge on any atom is 0.416 e. The summed E-state index contributed by atoms with van der Waals surface area (Å²) < 4.78 is 93.5. The molecule has 1 aliphatic carbocycles. The van der Waals surface area contributed by atoms with Gasteiger partial charge < -0.3 is 29.5 Å². The fourth-order valence-electron chi connectivity index (χ4n) is 6.53. The first-order chi connectivity index (χ1) is 22.6. The number of nitrogens with zero attached hydrogens (tertiary/aromatic N) is 4. The van der Waals surface area contributed by atoms with Crippen LogP contribution in [0.25, 0.3) is 0 Å². The Hall–Kier alpha value is -3.82. The number of carboxylic acid groups (broad SMARTS) is 1. The van der Waals surface area contributed by atoms with Crippen LogP contribution in [0.5, 0.6) is 5.75 Å². The standard InChI is InChI=1S/C32H40F6N4O6/c1-3-23-14-25(15-24(4-2)42(23)30(46)48-26-7-5-20(6-8-26)28(44)45)41(29-39-16-27(17-40-29)47-10-9-43)18-19-11-21(31(33,34)35)13-22(12-19)32(36,37)38/h11-13,16-17,20,23-26,43H,3-10,14-15,18H2,1-2H3,(H,44,45)/t20?,23-,24?,25?,26?/m0/s1. The monoisotopic (exact) mass is 690 g/mol. The Bertz CT molecular complexity index is 1340. The number of likely N-dealkylation sites (tertiary alicyclic amines) is 1. The van der Waals surface area contributed by atoms with Gasteiger partial charge >= 0.3 is 24.4 Å². The fraction of sp³-hybridized carbons (Fsp3) is 0.625. The molecule has 2 aliphatic rings. The third kappa shape index (κ3) is 9.20. The van der Waals surface area contributed by atoms with Gasteiger partial charge in [-0.2, -0.15) is 26.3 Å². The maximum atomic E-state index is 13.7. The van der Waals surface area contributed by atoms with E-state index in [4.69, 9.17) is 14.6 Å². The van der Waals surface area contributed by atoms with Crippen LogP contribution < -0.4 is 9.64 Å². The van der Waals surface area contributed by atoms with Gasteiger partial charge in [0.1, 0.15) is 12.7 Å². The predicted molar refractivity (Wildman–Crippen MR) is 160 cm³/mol. The summed E-state index contributed by atoms with van der Waals surface area (Å²) in [5.41, 5.74) is -3.12. The Kier molecular flexibility index (Phi) is 12.0. The van der Waals surface area contributed by atoms with E-state index in [1.165, 1.54) is 12.4 Å². The highest BCUT2D eigenvalue weighted by atomic mass is 19.4. The molecule has 1 amide bonds. The average molecular weight is 691 g/mol. The minimum absolute atomic E-state index is 0.0389. The molecule has 266 valence electrons. The lowest BCUT2D eigenvalue weighted by atomic mass is 9.87. The van der Waals surface area contributed by atoms with Crippen molar-refractivity contribution < 1.29 is 55.6 Å². The number of piperidine rings is 1. The topological polar surface area (TPSA) is 125 Å². The Morgan fingerprint density at radius 1 is 0.917 bits per heavy atom. The molecule has 0 bridgehead atoms. The molecule has 1 aromatic heterocycles. The summed E-state index contributed by atoms with van der Waals surface area (Å²) in [6.45, 7) is 3.04. The Labute approximate surface area is 274 Å². The molecule has 2 fully saturated rings. The SMILES string of the molecule is CCC1CC(N(Cc2cc(C(F)(F)F)cc(C(F)(F)F)c2)c2ncc(OCCO)cn2)C[C@H](CC)N1C(=O)OC1CCC(C(=O)O)CC1. The van der Waals surface area contributed by atoms with Crippen LogP contribution in [0.15, 0.2) is 30.6 Å². The number of aliphatic hydroxyl groups is 1. The van der Waals surface area contributed by atoms with Crippen molar-refractivity contribution in [1.82, 2.24) is 14.9 Å². The molecule has 10 nitrogen and oxygen atoms in total. The summed E-state index contributed by atoms with van der Waals surface area (Å²) in [4.78, 5) is 36.7. The third-order valence-corrected chi connectivity index (χ3v) is 8.99. The first-order valence-electron chi connectivity index (χ1n) is 16.0. The van der Waals surface area contributed by atoms with Crippen molar-refractivity contribution in [3.05, 3.63) is 47.3 Å². The van der Waals surface area contributed by atoms with Crippen molar-refractivity contribution >= 4 is 18.0 Å². The molecular formula is C32H40F6N4O6. The number of aliphatic hydroxyl groups excluding tert-OH is 1. The number of aromatic nitrogens is 2. The van der Waals surface area contributed by atoms with Crippen molar-refractivity contribution in [3.8, 4) is 5.75 Å². The zero-order valence-electron chi connectivity index (χ0n) is 26.6. The summed E-state index contributed by atoms with van der Waals surface area (Å²) >= 11 is 0. The summed E-state index contributed by atoms with van der Waals surface area (Å²) in [7, 11) is 0. The molecule has 2 N–H and O–H groups in total. The van der Waals surface area contributed by atoms with Crippen LogP contribution in [0.4, 0.5) is 37.1 Å². The summed E-state index contributed by atoms with van der Waals surface area (Å²) in [5, 5.41) is 18.3. The second kappa shape index (κ2) is 15.6. The number of carboxylic acids is 1. The van der Waals surface area contributed by atoms with Crippen molar-refractivity contribution in [3.63, 3.8) is 0 Å².